The molecule has 172 valence electrons. The smallest absolute Gasteiger partial charge is 0.328 e. The number of carbonyl (C=O) groups excluding carboxylic acids is 1. The summed E-state index contributed by atoms with van der Waals surface area (Å²) in [6, 6.07) is 4.38. The summed E-state index contributed by atoms with van der Waals surface area (Å²) in [6.07, 6.45) is 4.88. The van der Waals surface area contributed by atoms with Crippen LogP contribution in [0.15, 0.2) is 39.4 Å². The molecule has 3 heterocycles. The fraction of sp³-hybridized carbons (Fsp3) is 0.391. The van der Waals surface area contributed by atoms with Gasteiger partial charge >= 0.3 is 5.69 Å². The number of benzene rings is 1. The summed E-state index contributed by atoms with van der Waals surface area (Å²) >= 11 is 1.55. The van der Waals surface area contributed by atoms with Crippen molar-refractivity contribution in [3.8, 4) is 0 Å². The molecule has 8 nitrogen and oxygen atoms in total. The number of piperazine rings is 1. The Hall–Kier alpha value is -3.27. The van der Waals surface area contributed by atoms with E-state index >= 15 is 0 Å². The lowest BCUT2D eigenvalue weighted by molar-refractivity contribution is 0.0742. The maximum Gasteiger partial charge on any atom is 0.328 e. The van der Waals surface area contributed by atoms with Gasteiger partial charge in [0.1, 0.15) is 5.82 Å². The summed E-state index contributed by atoms with van der Waals surface area (Å²) in [5.41, 5.74) is 1.24. The van der Waals surface area contributed by atoms with E-state index in [1.54, 1.807) is 33.1 Å². The average Bonchev–Trinajstić information content (AvgIpc) is 3.37. The number of rotatable bonds is 4. The number of aromatic amines is 1. The van der Waals surface area contributed by atoms with Crippen LogP contribution in [0.3, 0.4) is 0 Å². The number of carbonyl (C=O) groups is 1. The first-order valence-electron chi connectivity index (χ1n) is 11.1. The number of anilines is 1. The summed E-state index contributed by atoms with van der Waals surface area (Å²) in [7, 11) is 0. The Balaban J connectivity index is 1.37. The Kier molecular flexibility index (Phi) is 5.84. The van der Waals surface area contributed by atoms with Crippen molar-refractivity contribution in [3.63, 3.8) is 0 Å². The van der Waals surface area contributed by atoms with Crippen molar-refractivity contribution in [1.82, 2.24) is 19.4 Å². The Morgan fingerprint density at radius 3 is 2.67 bits per heavy atom. The van der Waals surface area contributed by atoms with Crippen LogP contribution in [-0.2, 0) is 19.4 Å². The van der Waals surface area contributed by atoms with Gasteiger partial charge in [0.15, 0.2) is 5.13 Å². The molecule has 0 spiro atoms. The van der Waals surface area contributed by atoms with Crippen LogP contribution in [0.1, 0.15) is 40.0 Å². The molecule has 1 amide bonds. The van der Waals surface area contributed by atoms with Crippen molar-refractivity contribution in [3.05, 3.63) is 78.8 Å². The maximum absolute atomic E-state index is 14.6. The van der Waals surface area contributed by atoms with Crippen molar-refractivity contribution >= 4 is 22.4 Å². The average molecular weight is 470 g/mol. The molecule has 1 fully saturated rings. The Labute approximate surface area is 193 Å². The fourth-order valence-corrected chi connectivity index (χ4v) is 5.32. The Bertz CT molecular complexity index is 1290. The number of nitrogens with zero attached hydrogens (tertiary/aromatic N) is 4. The first kappa shape index (κ1) is 21.6. The second-order valence-corrected chi connectivity index (χ2v) is 9.26. The van der Waals surface area contributed by atoms with Crippen LogP contribution in [0.25, 0.3) is 0 Å². The van der Waals surface area contributed by atoms with Crippen molar-refractivity contribution < 1.29 is 9.18 Å². The molecule has 0 radical (unpaired) electrons. The van der Waals surface area contributed by atoms with Crippen LogP contribution in [0.2, 0.25) is 0 Å². The number of fused-ring (bicyclic) bond motifs is 1. The van der Waals surface area contributed by atoms with Crippen LogP contribution < -0.4 is 16.1 Å². The van der Waals surface area contributed by atoms with Gasteiger partial charge < -0.3 is 9.80 Å². The quantitative estimate of drug-likeness (QED) is 0.631. The third kappa shape index (κ3) is 4.22. The molecule has 0 saturated carbocycles. The minimum atomic E-state index is -0.582. The molecule has 1 aromatic carbocycles. The third-order valence-electron chi connectivity index (χ3n) is 6.36. The van der Waals surface area contributed by atoms with Gasteiger partial charge in [-0.2, -0.15) is 0 Å². The molecule has 2 aromatic heterocycles. The van der Waals surface area contributed by atoms with Gasteiger partial charge in [0.25, 0.3) is 11.5 Å². The molecule has 2 aliphatic rings. The molecule has 3 aromatic rings. The van der Waals surface area contributed by atoms with E-state index in [1.807, 2.05) is 5.38 Å². The molecule has 33 heavy (non-hydrogen) atoms. The minimum absolute atomic E-state index is 0.00143. The van der Waals surface area contributed by atoms with Gasteiger partial charge in [-0.15, -0.1) is 11.3 Å². The zero-order chi connectivity index (χ0) is 22.9. The van der Waals surface area contributed by atoms with E-state index in [1.165, 1.54) is 12.1 Å². The number of H-pyrrole nitrogens is 1. The molecular weight excluding hydrogens is 445 g/mol. The first-order chi connectivity index (χ1) is 16.0. The zero-order valence-electron chi connectivity index (χ0n) is 18.1. The molecule has 10 heteroatoms. The van der Waals surface area contributed by atoms with Crippen molar-refractivity contribution in [2.24, 2.45) is 0 Å². The molecule has 0 unspecified atom stereocenters. The summed E-state index contributed by atoms with van der Waals surface area (Å²) in [5, 5.41) is 2.84. The standard InChI is InChI=1S/C23H24FN5O3S/c24-18-6-5-15(14-29-19-4-2-1-3-16(19)20(30)26-22(29)32)13-17(18)21(31)27-8-10-28(11-9-27)23-25-7-12-33-23/h5-7,12-13H,1-4,8-11,14H2,(H,26,30,32). The molecule has 5 rings (SSSR count). The van der Waals surface area contributed by atoms with Gasteiger partial charge in [-0.05, 0) is 43.4 Å². The minimum Gasteiger partial charge on any atom is -0.345 e. The second kappa shape index (κ2) is 8.93. The monoisotopic (exact) mass is 469 g/mol. The van der Waals surface area contributed by atoms with Crippen molar-refractivity contribution in [2.45, 2.75) is 32.2 Å². The van der Waals surface area contributed by atoms with Gasteiger partial charge in [-0.1, -0.05) is 6.07 Å². The fourth-order valence-electron chi connectivity index (χ4n) is 4.62. The van der Waals surface area contributed by atoms with E-state index in [0.29, 0.717) is 50.1 Å². The number of hydrogen-bond donors (Lipinski definition) is 1. The van der Waals surface area contributed by atoms with Gasteiger partial charge in [-0.25, -0.2) is 14.2 Å². The normalized spacial score (nSPS) is 16.0. The van der Waals surface area contributed by atoms with Crippen LogP contribution in [0, 0.1) is 5.82 Å². The van der Waals surface area contributed by atoms with Gasteiger partial charge in [0.2, 0.25) is 0 Å². The highest BCUT2D eigenvalue weighted by atomic mass is 32.1. The SMILES string of the molecule is O=C(c1cc(Cn2c3c(c(=O)[nH]c2=O)CCCC3)ccc1F)N1CCN(c2nccs2)CC1. The van der Waals surface area contributed by atoms with Gasteiger partial charge in [0, 0.05) is 49.0 Å². The topological polar surface area (TPSA) is 91.3 Å². The van der Waals surface area contributed by atoms with E-state index in [0.717, 1.165) is 23.7 Å². The molecule has 1 aliphatic heterocycles. The number of amides is 1. The van der Waals surface area contributed by atoms with Crippen LogP contribution >= 0.6 is 11.3 Å². The Morgan fingerprint density at radius 1 is 1.12 bits per heavy atom. The summed E-state index contributed by atoms with van der Waals surface area (Å²) in [6.45, 7) is 2.42. The highest BCUT2D eigenvalue weighted by Crippen LogP contribution is 2.22. The highest BCUT2D eigenvalue weighted by molar-refractivity contribution is 7.13. The predicted molar refractivity (Wildman–Crippen MR) is 124 cm³/mol. The number of nitrogens with one attached hydrogen (secondary N) is 1. The van der Waals surface area contributed by atoms with Crippen LogP contribution in [-0.4, -0.2) is 51.5 Å². The van der Waals surface area contributed by atoms with Crippen LogP contribution in [0.5, 0.6) is 0 Å². The first-order valence-corrected chi connectivity index (χ1v) is 12.0. The third-order valence-corrected chi connectivity index (χ3v) is 7.20. The molecule has 0 bridgehead atoms. The zero-order valence-corrected chi connectivity index (χ0v) is 18.9. The summed E-state index contributed by atoms with van der Waals surface area (Å²) in [4.78, 5) is 48.3. The van der Waals surface area contributed by atoms with Crippen molar-refractivity contribution in [1.29, 1.82) is 0 Å². The second-order valence-electron chi connectivity index (χ2n) is 8.39. The molecule has 1 N–H and O–H groups in total. The van der Waals surface area contributed by atoms with Gasteiger partial charge in [0.05, 0.1) is 12.1 Å². The van der Waals surface area contributed by atoms with E-state index in [2.05, 4.69) is 14.9 Å². The number of hydrogen-bond acceptors (Lipinski definition) is 6. The Morgan fingerprint density at radius 2 is 1.91 bits per heavy atom. The molecule has 1 aliphatic carbocycles. The maximum atomic E-state index is 14.6. The summed E-state index contributed by atoms with van der Waals surface area (Å²) in [5.74, 6) is -0.939. The van der Waals surface area contributed by atoms with Crippen molar-refractivity contribution in [2.75, 3.05) is 31.1 Å². The molecule has 1 saturated heterocycles. The van der Waals surface area contributed by atoms with E-state index in [9.17, 15) is 18.8 Å². The molecule has 0 atom stereocenters. The number of halogens is 1. The van der Waals surface area contributed by atoms with E-state index < -0.39 is 11.5 Å². The number of thiazole rings is 1. The largest absolute Gasteiger partial charge is 0.345 e. The predicted octanol–water partition coefficient (Wildman–Crippen LogP) is 2.02. The number of aromatic nitrogens is 3. The van der Waals surface area contributed by atoms with Gasteiger partial charge in [-0.3, -0.25) is 19.1 Å². The summed E-state index contributed by atoms with van der Waals surface area (Å²) < 4.78 is 16.2. The van der Waals surface area contributed by atoms with Crippen LogP contribution in [0.4, 0.5) is 9.52 Å². The lowest BCUT2D eigenvalue weighted by Crippen LogP contribution is -2.49. The molecular formula is C23H24FN5O3S. The lowest BCUT2D eigenvalue weighted by Gasteiger charge is -2.34. The lowest BCUT2D eigenvalue weighted by atomic mass is 9.96. The van der Waals surface area contributed by atoms with E-state index in [-0.39, 0.29) is 23.6 Å². The highest BCUT2D eigenvalue weighted by Gasteiger charge is 2.26. The van der Waals surface area contributed by atoms with E-state index in [4.69, 9.17) is 0 Å².